The molecular formula is C23H21N3O2. The Labute approximate surface area is 164 Å². The van der Waals surface area contributed by atoms with Crippen LogP contribution in [0.4, 0.5) is 0 Å². The molecule has 0 spiro atoms. The number of Topliss-reactive ketones (excluding diaryl/α,β-unsaturated/α-hetero) is 1. The van der Waals surface area contributed by atoms with Crippen LogP contribution < -0.4 is 4.74 Å². The van der Waals surface area contributed by atoms with E-state index in [4.69, 9.17) is 14.7 Å². The van der Waals surface area contributed by atoms with Crippen molar-refractivity contribution >= 4 is 23.0 Å². The first kappa shape index (κ1) is 16.9. The standard InChI is InChI=1S/C23H21N3O2/c1-26(2)23-24-20-16-8-3-4-9-17(16)22(27)19(21(20)25-23)15-11-10-14-7-5-6-12-28-18(14)13-15/h3-4,8-11,13H,5-7,12H2,1-2H3. The second kappa shape index (κ2) is 6.44. The Morgan fingerprint density at radius 3 is 2.64 bits per heavy atom. The number of allylic oxidation sites excluding steroid dienone is 2. The lowest BCUT2D eigenvalue weighted by molar-refractivity contribution is 0.105. The van der Waals surface area contributed by atoms with Gasteiger partial charge in [0.2, 0.25) is 5.96 Å². The lowest BCUT2D eigenvalue weighted by atomic mass is 9.83. The van der Waals surface area contributed by atoms with E-state index < -0.39 is 0 Å². The molecule has 2 aromatic carbocycles. The minimum atomic E-state index is -0.0121. The first-order valence-electron chi connectivity index (χ1n) is 9.63. The second-order valence-electron chi connectivity index (χ2n) is 7.49. The summed E-state index contributed by atoms with van der Waals surface area (Å²) >= 11 is 0. The molecule has 1 aliphatic carbocycles. The molecule has 5 rings (SSSR count). The predicted octanol–water partition coefficient (Wildman–Crippen LogP) is 3.73. The maximum atomic E-state index is 13.4. The van der Waals surface area contributed by atoms with Crippen molar-refractivity contribution in [2.45, 2.75) is 19.3 Å². The van der Waals surface area contributed by atoms with E-state index in [2.05, 4.69) is 6.07 Å². The molecule has 140 valence electrons. The molecule has 5 nitrogen and oxygen atoms in total. The van der Waals surface area contributed by atoms with Gasteiger partial charge in [0, 0.05) is 25.2 Å². The molecule has 3 aliphatic rings. The molecule has 0 saturated heterocycles. The van der Waals surface area contributed by atoms with Crippen LogP contribution in [0.1, 0.15) is 39.9 Å². The molecule has 0 saturated carbocycles. The minimum absolute atomic E-state index is 0.0121. The molecule has 0 aromatic heterocycles. The van der Waals surface area contributed by atoms with Crippen molar-refractivity contribution in [2.75, 3.05) is 20.7 Å². The molecule has 0 bridgehead atoms. The van der Waals surface area contributed by atoms with Gasteiger partial charge in [0.15, 0.2) is 5.78 Å². The van der Waals surface area contributed by atoms with Crippen molar-refractivity contribution in [3.63, 3.8) is 0 Å². The van der Waals surface area contributed by atoms with E-state index in [1.165, 1.54) is 5.56 Å². The highest BCUT2D eigenvalue weighted by Crippen LogP contribution is 2.38. The van der Waals surface area contributed by atoms with E-state index in [1.807, 2.05) is 55.4 Å². The summed E-state index contributed by atoms with van der Waals surface area (Å²) in [5.41, 5.74) is 5.58. The number of carbonyl (C=O) groups excluding carboxylic acids is 1. The molecular weight excluding hydrogens is 350 g/mol. The lowest BCUT2D eigenvalue weighted by Crippen LogP contribution is -2.20. The number of nitrogens with zero attached hydrogens (tertiary/aromatic N) is 3. The Morgan fingerprint density at radius 2 is 1.82 bits per heavy atom. The molecule has 5 heteroatoms. The van der Waals surface area contributed by atoms with Gasteiger partial charge in [0.05, 0.1) is 12.2 Å². The first-order chi connectivity index (χ1) is 13.6. The van der Waals surface area contributed by atoms with Crippen LogP contribution in [0.2, 0.25) is 0 Å². The zero-order valence-corrected chi connectivity index (χ0v) is 16.0. The van der Waals surface area contributed by atoms with E-state index in [9.17, 15) is 4.79 Å². The number of hydrogen-bond donors (Lipinski definition) is 0. The number of aryl methyl sites for hydroxylation is 1. The highest BCUT2D eigenvalue weighted by Gasteiger charge is 2.35. The smallest absolute Gasteiger partial charge is 0.226 e. The number of ketones is 1. The number of guanidine groups is 1. The van der Waals surface area contributed by atoms with E-state index in [0.29, 0.717) is 22.8 Å². The van der Waals surface area contributed by atoms with Crippen LogP contribution in [0.5, 0.6) is 5.75 Å². The fourth-order valence-electron chi connectivity index (χ4n) is 3.94. The van der Waals surface area contributed by atoms with Crippen LogP contribution in [0, 0.1) is 0 Å². The second-order valence-corrected chi connectivity index (χ2v) is 7.49. The van der Waals surface area contributed by atoms with Gasteiger partial charge in [0.1, 0.15) is 17.2 Å². The summed E-state index contributed by atoms with van der Waals surface area (Å²) in [4.78, 5) is 24.7. The van der Waals surface area contributed by atoms with Crippen molar-refractivity contribution in [3.8, 4) is 5.75 Å². The van der Waals surface area contributed by atoms with E-state index in [0.717, 1.165) is 48.5 Å². The third-order valence-corrected chi connectivity index (χ3v) is 5.39. The predicted molar refractivity (Wildman–Crippen MR) is 110 cm³/mol. The summed E-state index contributed by atoms with van der Waals surface area (Å²) in [5.74, 6) is 1.47. The van der Waals surface area contributed by atoms with Crippen LogP contribution in [-0.2, 0) is 6.42 Å². The average molecular weight is 371 g/mol. The number of aliphatic imine (C=N–C) groups is 2. The van der Waals surface area contributed by atoms with Crippen LogP contribution in [0.15, 0.2) is 58.1 Å². The molecule has 2 aliphatic heterocycles. The van der Waals surface area contributed by atoms with Crippen LogP contribution >= 0.6 is 0 Å². The van der Waals surface area contributed by atoms with Crippen molar-refractivity contribution in [2.24, 2.45) is 9.98 Å². The largest absolute Gasteiger partial charge is 0.493 e. The normalized spacial score (nSPS) is 17.7. The molecule has 28 heavy (non-hydrogen) atoms. The molecule has 2 aromatic rings. The van der Waals surface area contributed by atoms with Crippen molar-refractivity contribution in [3.05, 3.63) is 70.4 Å². The molecule has 0 fully saturated rings. The maximum absolute atomic E-state index is 13.4. The third kappa shape index (κ3) is 2.58. The highest BCUT2D eigenvalue weighted by molar-refractivity contribution is 6.43. The summed E-state index contributed by atoms with van der Waals surface area (Å²) < 4.78 is 5.95. The molecule has 0 radical (unpaired) electrons. The van der Waals surface area contributed by atoms with E-state index in [-0.39, 0.29) is 5.78 Å². The fourth-order valence-corrected chi connectivity index (χ4v) is 3.94. The number of rotatable bonds is 1. The van der Waals surface area contributed by atoms with Gasteiger partial charge < -0.3 is 9.64 Å². The van der Waals surface area contributed by atoms with Crippen LogP contribution in [0.25, 0.3) is 5.57 Å². The number of hydrogen-bond acceptors (Lipinski definition) is 5. The van der Waals surface area contributed by atoms with Gasteiger partial charge in [-0.2, -0.15) is 0 Å². The number of carbonyl (C=O) groups is 1. The Kier molecular flexibility index (Phi) is 3.90. The SMILES string of the molecule is CN(C)C1=NC2=C(c3ccc4c(c3)OCCCC4)C(=O)c3ccccc3C2=N1. The number of fused-ring (bicyclic) bond motifs is 4. The van der Waals surface area contributed by atoms with Crippen LogP contribution in [-0.4, -0.2) is 43.1 Å². The first-order valence-corrected chi connectivity index (χ1v) is 9.63. The topological polar surface area (TPSA) is 54.3 Å². The summed E-state index contributed by atoms with van der Waals surface area (Å²) in [6.07, 6.45) is 3.19. The Bertz CT molecular complexity index is 1090. The van der Waals surface area contributed by atoms with E-state index >= 15 is 0 Å². The number of ether oxygens (including phenoxy) is 1. The Morgan fingerprint density at radius 1 is 1.00 bits per heavy atom. The van der Waals surface area contributed by atoms with Gasteiger partial charge in [-0.15, -0.1) is 0 Å². The Hall–Kier alpha value is -3.21. The third-order valence-electron chi connectivity index (χ3n) is 5.39. The highest BCUT2D eigenvalue weighted by atomic mass is 16.5. The van der Waals surface area contributed by atoms with Gasteiger partial charge in [-0.1, -0.05) is 36.4 Å². The van der Waals surface area contributed by atoms with Crippen LogP contribution in [0.3, 0.4) is 0 Å². The van der Waals surface area contributed by atoms with Crippen molar-refractivity contribution < 1.29 is 9.53 Å². The van der Waals surface area contributed by atoms with Crippen molar-refractivity contribution in [1.29, 1.82) is 0 Å². The van der Waals surface area contributed by atoms with Gasteiger partial charge >= 0.3 is 0 Å². The minimum Gasteiger partial charge on any atom is -0.493 e. The average Bonchev–Trinajstić information content (AvgIpc) is 3.01. The van der Waals surface area contributed by atoms with Gasteiger partial charge in [-0.3, -0.25) is 4.79 Å². The summed E-state index contributed by atoms with van der Waals surface area (Å²) in [6, 6.07) is 13.7. The maximum Gasteiger partial charge on any atom is 0.226 e. The Balaban J connectivity index is 1.72. The quantitative estimate of drug-likeness (QED) is 0.768. The molecule has 2 heterocycles. The lowest BCUT2D eigenvalue weighted by Gasteiger charge is -2.20. The number of benzene rings is 2. The zero-order valence-electron chi connectivity index (χ0n) is 16.0. The monoisotopic (exact) mass is 371 g/mol. The zero-order chi connectivity index (χ0) is 19.3. The molecule has 0 N–H and O–H groups in total. The fraction of sp³-hybridized carbons (Fsp3) is 0.261. The summed E-state index contributed by atoms with van der Waals surface area (Å²) in [5, 5.41) is 0. The summed E-state index contributed by atoms with van der Waals surface area (Å²) in [6.45, 7) is 0.717. The van der Waals surface area contributed by atoms with Gasteiger partial charge in [-0.25, -0.2) is 9.98 Å². The van der Waals surface area contributed by atoms with Gasteiger partial charge in [-0.05, 0) is 36.5 Å². The molecule has 0 unspecified atom stereocenters. The van der Waals surface area contributed by atoms with E-state index in [1.54, 1.807) is 0 Å². The molecule has 0 amide bonds. The van der Waals surface area contributed by atoms with Crippen molar-refractivity contribution in [1.82, 2.24) is 4.90 Å². The summed E-state index contributed by atoms with van der Waals surface area (Å²) in [7, 11) is 3.81. The molecule has 0 atom stereocenters. The van der Waals surface area contributed by atoms with Gasteiger partial charge in [0.25, 0.3) is 0 Å².